The van der Waals surface area contributed by atoms with Crippen LogP contribution in [0.15, 0.2) is 11.6 Å². The van der Waals surface area contributed by atoms with Gasteiger partial charge in [0.25, 0.3) is 0 Å². The molecule has 74 valence electrons. The van der Waals surface area contributed by atoms with Gasteiger partial charge in [0.05, 0.1) is 0 Å². The predicted octanol–water partition coefficient (Wildman–Crippen LogP) is 4.30. The summed E-state index contributed by atoms with van der Waals surface area (Å²) < 4.78 is 0.515. The zero-order valence-electron chi connectivity index (χ0n) is 8.65. The van der Waals surface area contributed by atoms with Gasteiger partial charge in [-0.1, -0.05) is 40.4 Å². The number of halogens is 1. The van der Waals surface area contributed by atoms with Crippen molar-refractivity contribution in [1.29, 1.82) is 0 Å². The van der Waals surface area contributed by atoms with Crippen molar-refractivity contribution in [1.82, 2.24) is 0 Å². The molecule has 0 nitrogen and oxygen atoms in total. The van der Waals surface area contributed by atoms with Crippen LogP contribution in [0.1, 0.15) is 46.0 Å². The van der Waals surface area contributed by atoms with Crippen molar-refractivity contribution < 1.29 is 0 Å². The molecule has 2 unspecified atom stereocenters. The second kappa shape index (κ2) is 3.42. The van der Waals surface area contributed by atoms with Crippen LogP contribution in [0, 0.1) is 11.8 Å². The van der Waals surface area contributed by atoms with Crippen LogP contribution < -0.4 is 0 Å². The molecule has 0 radical (unpaired) electrons. The molecule has 0 N–H and O–H groups in total. The Bertz CT molecular complexity index is 213. The topological polar surface area (TPSA) is 0 Å². The first-order chi connectivity index (χ1) is 6.14. The predicted molar refractivity (Wildman–Crippen MR) is 61.2 cm³/mol. The minimum absolute atomic E-state index is 0.515. The van der Waals surface area contributed by atoms with Crippen LogP contribution >= 0.6 is 15.9 Å². The van der Waals surface area contributed by atoms with E-state index >= 15 is 0 Å². The van der Waals surface area contributed by atoms with Gasteiger partial charge in [0.2, 0.25) is 0 Å². The summed E-state index contributed by atoms with van der Waals surface area (Å²) in [6.07, 6.45) is 9.50. The molecule has 2 atom stereocenters. The van der Waals surface area contributed by atoms with Crippen molar-refractivity contribution in [3.8, 4) is 0 Å². The molecule has 2 rings (SSSR count). The van der Waals surface area contributed by atoms with Crippen LogP contribution in [-0.2, 0) is 0 Å². The van der Waals surface area contributed by atoms with E-state index in [-0.39, 0.29) is 0 Å². The minimum Gasteiger partial charge on any atom is -0.0845 e. The standard InChI is InChI=1S/C12H19Br/c1-9(2)7-8-12(13)10-5-3-4-6-11(10)12/h7,10-11H,3-6,8H2,1-2H3. The zero-order valence-corrected chi connectivity index (χ0v) is 10.2. The third-order valence-corrected chi connectivity index (χ3v) is 5.21. The summed E-state index contributed by atoms with van der Waals surface area (Å²) in [4.78, 5) is 0. The van der Waals surface area contributed by atoms with Gasteiger partial charge >= 0.3 is 0 Å². The largest absolute Gasteiger partial charge is 0.0845 e. The molecule has 0 heterocycles. The summed E-state index contributed by atoms with van der Waals surface area (Å²) >= 11 is 3.97. The van der Waals surface area contributed by atoms with Crippen LogP contribution in [0.4, 0.5) is 0 Å². The van der Waals surface area contributed by atoms with Gasteiger partial charge in [0, 0.05) is 4.32 Å². The number of fused-ring (bicyclic) bond motifs is 1. The average molecular weight is 243 g/mol. The molecule has 0 aromatic heterocycles. The fourth-order valence-electron chi connectivity index (χ4n) is 2.84. The quantitative estimate of drug-likeness (QED) is 0.501. The van der Waals surface area contributed by atoms with Crippen LogP contribution in [0.25, 0.3) is 0 Å². The van der Waals surface area contributed by atoms with E-state index < -0.39 is 0 Å². The number of hydrogen-bond acceptors (Lipinski definition) is 0. The SMILES string of the molecule is CC(C)=CCC1(Br)C2CCCCC21. The van der Waals surface area contributed by atoms with E-state index in [1.54, 1.807) is 0 Å². The Kier molecular flexibility index (Phi) is 2.57. The van der Waals surface area contributed by atoms with E-state index in [0.717, 1.165) is 11.8 Å². The smallest absolute Gasteiger partial charge is 0.0354 e. The molecule has 0 spiro atoms. The summed E-state index contributed by atoms with van der Waals surface area (Å²) in [6.45, 7) is 4.39. The molecule has 2 fully saturated rings. The first kappa shape index (κ1) is 9.76. The Hall–Kier alpha value is 0.220. The highest BCUT2D eigenvalue weighted by Crippen LogP contribution is 2.65. The van der Waals surface area contributed by atoms with Crippen molar-refractivity contribution >= 4 is 15.9 Å². The fourth-order valence-corrected chi connectivity index (χ4v) is 3.97. The summed E-state index contributed by atoms with van der Waals surface area (Å²) in [5.74, 6) is 1.99. The Morgan fingerprint density at radius 1 is 1.31 bits per heavy atom. The van der Waals surface area contributed by atoms with Crippen LogP contribution in [0.3, 0.4) is 0 Å². The molecule has 0 aromatic carbocycles. The molecule has 0 aromatic rings. The first-order valence-electron chi connectivity index (χ1n) is 5.47. The average Bonchev–Trinajstić information content (AvgIpc) is 2.71. The minimum atomic E-state index is 0.515. The monoisotopic (exact) mass is 242 g/mol. The highest BCUT2D eigenvalue weighted by atomic mass is 79.9. The van der Waals surface area contributed by atoms with Crippen molar-refractivity contribution in [2.24, 2.45) is 11.8 Å². The molecule has 2 saturated carbocycles. The van der Waals surface area contributed by atoms with Gasteiger partial charge in [0.1, 0.15) is 0 Å². The molecule has 2 aliphatic carbocycles. The molecular formula is C12H19Br. The Morgan fingerprint density at radius 3 is 2.31 bits per heavy atom. The van der Waals surface area contributed by atoms with Crippen molar-refractivity contribution in [3.05, 3.63) is 11.6 Å². The van der Waals surface area contributed by atoms with Gasteiger partial charge < -0.3 is 0 Å². The maximum Gasteiger partial charge on any atom is 0.0354 e. The van der Waals surface area contributed by atoms with E-state index in [1.807, 2.05) is 0 Å². The van der Waals surface area contributed by atoms with E-state index in [4.69, 9.17) is 0 Å². The third kappa shape index (κ3) is 1.72. The van der Waals surface area contributed by atoms with Crippen LogP contribution in [0.5, 0.6) is 0 Å². The van der Waals surface area contributed by atoms with E-state index in [1.165, 1.54) is 37.7 Å². The summed E-state index contributed by atoms with van der Waals surface area (Å²) in [6, 6.07) is 0. The van der Waals surface area contributed by atoms with Crippen molar-refractivity contribution in [2.45, 2.75) is 50.3 Å². The van der Waals surface area contributed by atoms with Gasteiger partial charge in [0.15, 0.2) is 0 Å². The number of alkyl halides is 1. The van der Waals surface area contributed by atoms with Gasteiger partial charge in [-0.15, -0.1) is 0 Å². The lowest BCUT2D eigenvalue weighted by molar-refractivity contribution is 0.480. The number of allylic oxidation sites excluding steroid dienone is 2. The maximum absolute atomic E-state index is 3.97. The highest BCUT2D eigenvalue weighted by Gasteiger charge is 2.61. The van der Waals surface area contributed by atoms with E-state index in [0.29, 0.717) is 4.32 Å². The molecule has 0 saturated heterocycles. The number of hydrogen-bond donors (Lipinski definition) is 0. The molecule has 1 heteroatoms. The van der Waals surface area contributed by atoms with Gasteiger partial charge in [-0.2, -0.15) is 0 Å². The van der Waals surface area contributed by atoms with Crippen molar-refractivity contribution in [2.75, 3.05) is 0 Å². The molecular weight excluding hydrogens is 224 g/mol. The lowest BCUT2D eigenvalue weighted by Crippen LogP contribution is -2.00. The Balaban J connectivity index is 1.96. The van der Waals surface area contributed by atoms with Gasteiger partial charge in [-0.25, -0.2) is 0 Å². The van der Waals surface area contributed by atoms with Gasteiger partial charge in [-0.05, 0) is 44.9 Å². The molecule has 0 amide bonds. The third-order valence-electron chi connectivity index (χ3n) is 3.71. The lowest BCUT2D eigenvalue weighted by Gasteiger charge is -2.05. The highest BCUT2D eigenvalue weighted by molar-refractivity contribution is 9.10. The Morgan fingerprint density at radius 2 is 1.85 bits per heavy atom. The maximum atomic E-state index is 3.97. The van der Waals surface area contributed by atoms with E-state index in [2.05, 4.69) is 35.9 Å². The molecule has 2 aliphatic rings. The van der Waals surface area contributed by atoms with Crippen LogP contribution in [0.2, 0.25) is 0 Å². The fraction of sp³-hybridized carbons (Fsp3) is 0.833. The Labute approximate surface area is 89.9 Å². The summed E-state index contributed by atoms with van der Waals surface area (Å²) in [5.41, 5.74) is 1.46. The second-order valence-corrected chi connectivity index (χ2v) is 6.39. The lowest BCUT2D eigenvalue weighted by atomic mass is 10.0. The van der Waals surface area contributed by atoms with E-state index in [9.17, 15) is 0 Å². The second-order valence-electron chi connectivity index (χ2n) is 4.91. The van der Waals surface area contributed by atoms with Crippen molar-refractivity contribution in [3.63, 3.8) is 0 Å². The van der Waals surface area contributed by atoms with Crippen LogP contribution in [-0.4, -0.2) is 4.32 Å². The molecule has 0 aliphatic heterocycles. The normalized spacial score (nSPS) is 42.4. The summed E-state index contributed by atoms with van der Waals surface area (Å²) in [5, 5.41) is 0. The number of rotatable bonds is 2. The summed E-state index contributed by atoms with van der Waals surface area (Å²) in [7, 11) is 0. The first-order valence-corrected chi connectivity index (χ1v) is 6.26. The van der Waals surface area contributed by atoms with Gasteiger partial charge in [-0.3, -0.25) is 0 Å². The molecule has 0 bridgehead atoms. The zero-order chi connectivity index (χ0) is 9.47. The molecule has 13 heavy (non-hydrogen) atoms.